The van der Waals surface area contributed by atoms with E-state index in [1.807, 2.05) is 6.07 Å². The molecule has 0 saturated carbocycles. The second kappa shape index (κ2) is 7.06. The maximum Gasteiger partial charge on any atom is 0.310 e. The zero-order chi connectivity index (χ0) is 16.1. The molecule has 2 aromatic carbocycles. The predicted octanol–water partition coefficient (Wildman–Crippen LogP) is 4.12. The number of nitriles is 1. The summed E-state index contributed by atoms with van der Waals surface area (Å²) in [5.41, 5.74) is 1.08. The first-order valence-electron chi connectivity index (χ1n) is 6.69. The summed E-state index contributed by atoms with van der Waals surface area (Å²) in [5, 5.41) is 9.74. The van der Waals surface area contributed by atoms with Crippen molar-refractivity contribution < 1.29 is 13.9 Å². The van der Waals surface area contributed by atoms with Crippen LogP contribution < -0.4 is 0 Å². The molecule has 0 aliphatic carbocycles. The minimum absolute atomic E-state index is 0.130. The van der Waals surface area contributed by atoms with Gasteiger partial charge in [0.05, 0.1) is 18.6 Å². The molecule has 0 heterocycles. The van der Waals surface area contributed by atoms with E-state index in [9.17, 15) is 14.4 Å². The van der Waals surface area contributed by atoms with E-state index in [-0.39, 0.29) is 18.6 Å². The molecule has 0 bridgehead atoms. The minimum atomic E-state index is -0.647. The van der Waals surface area contributed by atoms with Gasteiger partial charge in [-0.3, -0.25) is 4.79 Å². The lowest BCUT2D eigenvalue weighted by atomic mass is 9.97. The third-order valence-electron chi connectivity index (χ3n) is 3.14. The van der Waals surface area contributed by atoms with Crippen molar-refractivity contribution in [3.8, 4) is 17.2 Å². The number of carbonyl (C=O) groups excluding carboxylic acids is 1. The van der Waals surface area contributed by atoms with E-state index in [0.717, 1.165) is 0 Å². The van der Waals surface area contributed by atoms with Gasteiger partial charge in [-0.2, -0.15) is 5.26 Å². The number of benzene rings is 2. The van der Waals surface area contributed by atoms with Gasteiger partial charge in [0, 0.05) is 10.6 Å². The van der Waals surface area contributed by atoms with E-state index in [4.69, 9.17) is 16.3 Å². The van der Waals surface area contributed by atoms with Crippen LogP contribution >= 0.6 is 11.6 Å². The van der Waals surface area contributed by atoms with Crippen molar-refractivity contribution in [2.45, 2.75) is 13.3 Å². The lowest BCUT2D eigenvalue weighted by Gasteiger charge is -2.09. The Morgan fingerprint density at radius 1 is 1.27 bits per heavy atom. The van der Waals surface area contributed by atoms with E-state index < -0.39 is 11.8 Å². The topological polar surface area (TPSA) is 50.1 Å². The summed E-state index contributed by atoms with van der Waals surface area (Å²) in [6, 6.07) is 11.6. The minimum Gasteiger partial charge on any atom is -0.466 e. The number of hydrogen-bond acceptors (Lipinski definition) is 3. The summed E-state index contributed by atoms with van der Waals surface area (Å²) in [7, 11) is 0. The Hall–Kier alpha value is -2.38. The lowest BCUT2D eigenvalue weighted by molar-refractivity contribution is -0.142. The van der Waals surface area contributed by atoms with Gasteiger partial charge >= 0.3 is 5.97 Å². The second-order valence-electron chi connectivity index (χ2n) is 4.56. The summed E-state index contributed by atoms with van der Waals surface area (Å²) in [6.45, 7) is 1.93. The molecule has 0 aliphatic heterocycles. The average molecular weight is 318 g/mol. The number of hydrogen-bond donors (Lipinski definition) is 0. The molecule has 0 saturated heterocycles. The molecule has 5 heteroatoms. The van der Waals surface area contributed by atoms with Gasteiger partial charge in [0.15, 0.2) is 0 Å². The van der Waals surface area contributed by atoms with Crippen LogP contribution in [0.2, 0.25) is 5.02 Å². The molecule has 0 N–H and O–H groups in total. The Morgan fingerprint density at radius 3 is 2.55 bits per heavy atom. The second-order valence-corrected chi connectivity index (χ2v) is 5.00. The molecular formula is C17H13ClFNO2. The van der Waals surface area contributed by atoms with Crippen LogP contribution in [0, 0.1) is 17.1 Å². The fraction of sp³-hybridized carbons (Fsp3) is 0.176. The third kappa shape index (κ3) is 3.44. The first-order chi connectivity index (χ1) is 10.6. The highest BCUT2D eigenvalue weighted by molar-refractivity contribution is 6.30. The Morgan fingerprint density at radius 2 is 1.95 bits per heavy atom. The van der Waals surface area contributed by atoms with Gasteiger partial charge in [-0.15, -0.1) is 0 Å². The van der Waals surface area contributed by atoms with Gasteiger partial charge in [-0.1, -0.05) is 35.9 Å². The fourth-order valence-corrected chi connectivity index (χ4v) is 2.23. The van der Waals surface area contributed by atoms with Crippen molar-refractivity contribution in [3.05, 3.63) is 58.4 Å². The van der Waals surface area contributed by atoms with Crippen molar-refractivity contribution >= 4 is 17.6 Å². The molecule has 0 fully saturated rings. The predicted molar refractivity (Wildman–Crippen MR) is 81.9 cm³/mol. The van der Waals surface area contributed by atoms with Crippen molar-refractivity contribution in [2.24, 2.45) is 0 Å². The lowest BCUT2D eigenvalue weighted by Crippen LogP contribution is -2.09. The molecule has 0 spiro atoms. The number of carbonyl (C=O) groups is 1. The molecule has 0 aliphatic rings. The van der Waals surface area contributed by atoms with Crippen LogP contribution in [-0.4, -0.2) is 12.6 Å². The first kappa shape index (κ1) is 16.0. The van der Waals surface area contributed by atoms with Crippen molar-refractivity contribution in [1.82, 2.24) is 0 Å². The zero-order valence-electron chi connectivity index (χ0n) is 11.9. The highest BCUT2D eigenvalue weighted by atomic mass is 35.5. The van der Waals surface area contributed by atoms with E-state index in [1.165, 1.54) is 0 Å². The van der Waals surface area contributed by atoms with Gasteiger partial charge in [-0.05, 0) is 30.2 Å². The van der Waals surface area contributed by atoms with Crippen LogP contribution in [0.25, 0.3) is 11.1 Å². The van der Waals surface area contributed by atoms with Crippen LogP contribution in [-0.2, 0) is 16.0 Å². The summed E-state index contributed by atoms with van der Waals surface area (Å²) in [6.07, 6.45) is -0.130. The standard InChI is InChI=1S/C17H13ClFNO2/c1-2-22-16(21)9-12-5-8-14(17(19)15(12)10-20)11-3-6-13(18)7-4-11/h3-8H,2,9H2,1H3. The highest BCUT2D eigenvalue weighted by Gasteiger charge is 2.17. The number of rotatable bonds is 4. The Kier molecular flexibility index (Phi) is 5.13. The maximum absolute atomic E-state index is 14.5. The Bertz CT molecular complexity index is 736. The third-order valence-corrected chi connectivity index (χ3v) is 3.39. The molecule has 0 aromatic heterocycles. The number of nitrogens with zero attached hydrogens (tertiary/aromatic N) is 1. The van der Waals surface area contributed by atoms with Crippen molar-refractivity contribution in [2.75, 3.05) is 6.61 Å². The zero-order valence-corrected chi connectivity index (χ0v) is 12.7. The quantitative estimate of drug-likeness (QED) is 0.797. The summed E-state index contributed by atoms with van der Waals surface area (Å²) in [5.74, 6) is -1.13. The molecule has 3 nitrogen and oxygen atoms in total. The molecule has 22 heavy (non-hydrogen) atoms. The smallest absolute Gasteiger partial charge is 0.310 e. The van der Waals surface area contributed by atoms with Gasteiger partial charge < -0.3 is 4.74 Å². The summed E-state index contributed by atoms with van der Waals surface area (Å²) in [4.78, 5) is 11.5. The van der Waals surface area contributed by atoms with Gasteiger partial charge in [0.1, 0.15) is 11.9 Å². The van der Waals surface area contributed by atoms with Crippen molar-refractivity contribution in [1.29, 1.82) is 5.26 Å². The summed E-state index contributed by atoms with van der Waals surface area (Å²) >= 11 is 5.81. The molecule has 0 radical (unpaired) electrons. The van der Waals surface area contributed by atoms with Gasteiger partial charge in [-0.25, -0.2) is 4.39 Å². The maximum atomic E-state index is 14.5. The normalized spacial score (nSPS) is 10.1. The molecule has 112 valence electrons. The van der Waals surface area contributed by atoms with Crippen LogP contribution in [0.4, 0.5) is 4.39 Å². The molecule has 2 rings (SSSR count). The van der Waals surface area contributed by atoms with Crippen LogP contribution in [0.5, 0.6) is 0 Å². The van der Waals surface area contributed by atoms with Crippen molar-refractivity contribution in [3.63, 3.8) is 0 Å². The summed E-state index contributed by atoms with van der Waals surface area (Å²) < 4.78 is 19.4. The molecule has 0 atom stereocenters. The molecular weight excluding hydrogens is 305 g/mol. The first-order valence-corrected chi connectivity index (χ1v) is 7.07. The fourth-order valence-electron chi connectivity index (χ4n) is 2.10. The molecule has 0 unspecified atom stereocenters. The van der Waals surface area contributed by atoms with Gasteiger partial charge in [0.2, 0.25) is 0 Å². The monoisotopic (exact) mass is 317 g/mol. The van der Waals surface area contributed by atoms with Crippen LogP contribution in [0.15, 0.2) is 36.4 Å². The molecule has 2 aromatic rings. The van der Waals surface area contributed by atoms with Gasteiger partial charge in [0.25, 0.3) is 0 Å². The Balaban J connectivity index is 2.42. The Labute approximate surface area is 132 Å². The average Bonchev–Trinajstić information content (AvgIpc) is 2.49. The number of ether oxygens (including phenoxy) is 1. The SMILES string of the molecule is CCOC(=O)Cc1ccc(-c2ccc(Cl)cc2)c(F)c1C#N. The van der Waals surface area contributed by atoms with E-state index in [0.29, 0.717) is 21.7 Å². The molecule has 0 amide bonds. The van der Waals surface area contributed by atoms with Crippen LogP contribution in [0.3, 0.4) is 0 Å². The number of halogens is 2. The highest BCUT2D eigenvalue weighted by Crippen LogP contribution is 2.28. The van der Waals surface area contributed by atoms with E-state index in [1.54, 1.807) is 43.3 Å². The van der Waals surface area contributed by atoms with E-state index in [2.05, 4.69) is 0 Å². The largest absolute Gasteiger partial charge is 0.466 e. The number of esters is 1. The van der Waals surface area contributed by atoms with E-state index >= 15 is 0 Å². The van der Waals surface area contributed by atoms with Crippen LogP contribution in [0.1, 0.15) is 18.1 Å².